The van der Waals surface area contributed by atoms with Crippen LogP contribution in [0.15, 0.2) is 18.2 Å². The molecule has 35 heavy (non-hydrogen) atoms. The second-order valence-corrected chi connectivity index (χ2v) is 11.0. The van der Waals surface area contributed by atoms with Gasteiger partial charge in [0.05, 0.1) is 19.8 Å². The average Bonchev–Trinajstić information content (AvgIpc) is 3.28. The zero-order valence-corrected chi connectivity index (χ0v) is 21.4. The van der Waals surface area contributed by atoms with E-state index in [0.29, 0.717) is 13.1 Å². The van der Waals surface area contributed by atoms with Gasteiger partial charge in [-0.25, -0.2) is 4.79 Å². The van der Waals surface area contributed by atoms with Crippen molar-refractivity contribution in [3.8, 4) is 5.75 Å². The van der Waals surface area contributed by atoms with Gasteiger partial charge in [-0.2, -0.15) is 0 Å². The van der Waals surface area contributed by atoms with E-state index in [0.717, 1.165) is 55.2 Å². The topological polar surface area (TPSA) is 80.8 Å². The Labute approximate surface area is 209 Å². The van der Waals surface area contributed by atoms with E-state index in [1.165, 1.54) is 49.6 Å². The van der Waals surface area contributed by atoms with Crippen LogP contribution in [0.5, 0.6) is 5.75 Å². The molecule has 2 fully saturated rings. The van der Waals surface area contributed by atoms with Crippen LogP contribution in [-0.2, 0) is 5.41 Å². The lowest BCUT2D eigenvalue weighted by Crippen LogP contribution is -2.57. The molecule has 3 aliphatic rings. The summed E-state index contributed by atoms with van der Waals surface area (Å²) >= 11 is 0. The van der Waals surface area contributed by atoms with Gasteiger partial charge in [0.2, 0.25) is 0 Å². The summed E-state index contributed by atoms with van der Waals surface area (Å²) in [6, 6.07) is 5.77. The van der Waals surface area contributed by atoms with E-state index in [-0.39, 0.29) is 24.1 Å². The van der Waals surface area contributed by atoms with Gasteiger partial charge >= 0.3 is 6.03 Å². The number of likely N-dealkylation sites (tertiary alicyclic amines) is 1. The van der Waals surface area contributed by atoms with Crippen LogP contribution in [-0.4, -0.2) is 72.4 Å². The van der Waals surface area contributed by atoms with E-state index < -0.39 is 0 Å². The third-order valence-electron chi connectivity index (χ3n) is 8.76. The van der Waals surface area contributed by atoms with Crippen molar-refractivity contribution in [1.82, 2.24) is 20.1 Å². The number of hydrogen-bond donors (Lipinski definition) is 3. The Morgan fingerprint density at radius 3 is 2.69 bits per heavy atom. The monoisotopic (exact) mass is 482 g/mol. The number of ether oxygens (including phenoxy) is 1. The molecule has 0 radical (unpaired) electrons. The molecule has 2 aliphatic heterocycles. The van der Waals surface area contributed by atoms with Gasteiger partial charge in [0.15, 0.2) is 0 Å². The third kappa shape index (κ3) is 4.65. The Morgan fingerprint density at radius 1 is 1.23 bits per heavy atom. The fourth-order valence-corrected chi connectivity index (χ4v) is 6.86. The molecule has 1 atom stereocenters. The zero-order chi connectivity index (χ0) is 24.4. The zero-order valence-electron chi connectivity index (χ0n) is 21.4. The van der Waals surface area contributed by atoms with Gasteiger partial charge in [-0.1, -0.05) is 26.2 Å². The molecule has 1 spiro atoms. The number of aliphatic hydroxyl groups is 1. The van der Waals surface area contributed by atoms with Crippen LogP contribution < -0.4 is 10.1 Å². The molecule has 1 aliphatic carbocycles. The summed E-state index contributed by atoms with van der Waals surface area (Å²) in [5.74, 6) is 1.65. The first-order chi connectivity index (χ1) is 17.1. The number of methoxy groups -OCH3 is 1. The highest BCUT2D eigenvalue weighted by atomic mass is 16.5. The maximum absolute atomic E-state index is 13.3. The van der Waals surface area contributed by atoms with E-state index in [1.807, 2.05) is 17.0 Å². The highest BCUT2D eigenvalue weighted by Crippen LogP contribution is 2.49. The lowest BCUT2D eigenvalue weighted by Gasteiger charge is -2.50. The Hall–Kier alpha value is -2.25. The van der Waals surface area contributed by atoms with Gasteiger partial charge in [-0.3, -0.25) is 0 Å². The summed E-state index contributed by atoms with van der Waals surface area (Å²) in [5, 5.41) is 14.7. The minimum atomic E-state index is -0.369. The first-order valence-corrected chi connectivity index (χ1v) is 13.7. The van der Waals surface area contributed by atoms with Crippen molar-refractivity contribution in [1.29, 1.82) is 0 Å². The van der Waals surface area contributed by atoms with Gasteiger partial charge < -0.3 is 29.9 Å². The summed E-state index contributed by atoms with van der Waals surface area (Å²) in [4.78, 5) is 21.4. The van der Waals surface area contributed by atoms with Gasteiger partial charge in [0.25, 0.3) is 0 Å². The molecule has 2 amide bonds. The Bertz CT molecular complexity index is 1020. The van der Waals surface area contributed by atoms with E-state index >= 15 is 0 Å². The van der Waals surface area contributed by atoms with E-state index in [1.54, 1.807) is 7.11 Å². The van der Waals surface area contributed by atoms with Crippen molar-refractivity contribution in [2.75, 3.05) is 46.4 Å². The van der Waals surface area contributed by atoms with Crippen molar-refractivity contribution >= 4 is 16.9 Å². The van der Waals surface area contributed by atoms with Crippen LogP contribution >= 0.6 is 0 Å². The number of urea groups is 1. The number of nitrogens with zero attached hydrogens (tertiary/aromatic N) is 2. The fourth-order valence-electron chi connectivity index (χ4n) is 6.86. The smallest absolute Gasteiger partial charge is 0.318 e. The third-order valence-corrected chi connectivity index (χ3v) is 8.76. The van der Waals surface area contributed by atoms with Gasteiger partial charge in [0.1, 0.15) is 5.75 Å². The minimum Gasteiger partial charge on any atom is -0.497 e. The Kier molecular flexibility index (Phi) is 7.26. The molecular weight excluding hydrogens is 440 g/mol. The number of amides is 2. The van der Waals surface area contributed by atoms with Crippen molar-refractivity contribution in [3.63, 3.8) is 0 Å². The van der Waals surface area contributed by atoms with Gasteiger partial charge in [0, 0.05) is 47.7 Å². The standard InChI is InChI=1S/C28H42N4O3/c1-3-13-29-27(34)32-19-28(11-14-31(15-12-28)17-20-7-5-4-6-8-20)25-22-10-9-21(35-2)16-23(22)30-26(25)24(32)18-33/h9-10,16,20,24,30,33H,3-8,11-15,17-19H2,1-2H3,(H,29,34)/t24-/m1/s1. The fraction of sp³-hybridized carbons (Fsp3) is 0.679. The minimum absolute atomic E-state index is 0.0724. The molecule has 192 valence electrons. The van der Waals surface area contributed by atoms with Crippen LogP contribution in [0.3, 0.4) is 0 Å². The number of aromatic amines is 1. The maximum atomic E-state index is 13.3. The van der Waals surface area contributed by atoms with E-state index in [2.05, 4.69) is 28.2 Å². The molecule has 1 aromatic heterocycles. The summed E-state index contributed by atoms with van der Waals surface area (Å²) in [7, 11) is 1.68. The molecule has 5 rings (SSSR count). The number of benzene rings is 1. The maximum Gasteiger partial charge on any atom is 0.318 e. The number of nitrogens with one attached hydrogen (secondary N) is 2. The Balaban J connectivity index is 1.48. The number of carbonyl (C=O) groups is 1. The molecule has 0 bridgehead atoms. The van der Waals surface area contributed by atoms with E-state index in [9.17, 15) is 9.90 Å². The number of carbonyl (C=O) groups excluding carboxylic acids is 1. The highest BCUT2D eigenvalue weighted by molar-refractivity contribution is 5.88. The molecule has 1 saturated heterocycles. The summed E-state index contributed by atoms with van der Waals surface area (Å²) in [6.45, 7) is 6.60. The lowest BCUT2D eigenvalue weighted by molar-refractivity contribution is 0.0621. The number of H-pyrrole nitrogens is 1. The Morgan fingerprint density at radius 2 is 2.00 bits per heavy atom. The summed E-state index contributed by atoms with van der Waals surface area (Å²) in [6.07, 6.45) is 9.86. The molecule has 1 saturated carbocycles. The molecule has 7 nitrogen and oxygen atoms in total. The van der Waals surface area contributed by atoms with Crippen molar-refractivity contribution in [3.05, 3.63) is 29.5 Å². The predicted molar refractivity (Wildman–Crippen MR) is 139 cm³/mol. The lowest BCUT2D eigenvalue weighted by atomic mass is 9.68. The average molecular weight is 483 g/mol. The van der Waals surface area contributed by atoms with Crippen molar-refractivity contribution in [2.45, 2.75) is 69.7 Å². The van der Waals surface area contributed by atoms with Crippen LogP contribution in [0, 0.1) is 5.92 Å². The van der Waals surface area contributed by atoms with Crippen LogP contribution in [0.2, 0.25) is 0 Å². The number of rotatable bonds is 6. The number of aliphatic hydroxyl groups excluding tert-OH is 1. The molecule has 1 aromatic carbocycles. The molecule has 2 aromatic rings. The summed E-state index contributed by atoms with van der Waals surface area (Å²) < 4.78 is 5.48. The van der Waals surface area contributed by atoms with Crippen LogP contribution in [0.4, 0.5) is 4.79 Å². The highest BCUT2D eigenvalue weighted by Gasteiger charge is 2.48. The number of piperidine rings is 1. The molecule has 3 heterocycles. The van der Waals surface area contributed by atoms with Crippen LogP contribution in [0.1, 0.15) is 75.6 Å². The van der Waals surface area contributed by atoms with E-state index in [4.69, 9.17) is 4.74 Å². The number of hydrogen-bond acceptors (Lipinski definition) is 4. The number of aromatic nitrogens is 1. The molecule has 0 unspecified atom stereocenters. The SMILES string of the molecule is CCCNC(=O)N1CC2(CCN(CC3CCCCC3)CC2)c2c([nH]c3cc(OC)ccc23)[C@H]1CO. The normalized spacial score (nSPS) is 22.9. The first-order valence-electron chi connectivity index (χ1n) is 13.7. The quantitative estimate of drug-likeness (QED) is 0.564. The van der Waals surface area contributed by atoms with Crippen molar-refractivity contribution < 1.29 is 14.6 Å². The summed E-state index contributed by atoms with van der Waals surface area (Å²) in [5.41, 5.74) is 3.22. The second kappa shape index (κ2) is 10.4. The number of fused-ring (bicyclic) bond motifs is 4. The van der Waals surface area contributed by atoms with Crippen molar-refractivity contribution in [2.24, 2.45) is 5.92 Å². The van der Waals surface area contributed by atoms with Gasteiger partial charge in [-0.05, 0) is 68.8 Å². The molecular formula is C28H42N4O3. The molecule has 7 heteroatoms. The van der Waals surface area contributed by atoms with Gasteiger partial charge in [-0.15, -0.1) is 0 Å². The molecule has 3 N–H and O–H groups in total. The van der Waals surface area contributed by atoms with Crippen LogP contribution in [0.25, 0.3) is 10.9 Å². The second-order valence-electron chi connectivity index (χ2n) is 11.0. The largest absolute Gasteiger partial charge is 0.497 e. The predicted octanol–water partition coefficient (Wildman–Crippen LogP) is 4.56. The first kappa shape index (κ1) is 24.4.